The summed E-state index contributed by atoms with van der Waals surface area (Å²) in [6.45, 7) is 4.61. The highest BCUT2D eigenvalue weighted by atomic mass is 16.2. The van der Waals surface area contributed by atoms with Crippen LogP contribution < -0.4 is 17.0 Å². The number of rotatable bonds is 3. The highest BCUT2D eigenvalue weighted by Gasteiger charge is 2.30. The maximum Gasteiger partial charge on any atom is 0.332 e. The molecule has 2 heterocycles. The fraction of sp³-hybridized carbons (Fsp3) is 0.611. The summed E-state index contributed by atoms with van der Waals surface area (Å²) in [5.74, 6) is 0.949. The highest BCUT2D eigenvalue weighted by molar-refractivity contribution is 5.71. The van der Waals surface area contributed by atoms with Gasteiger partial charge in [-0.05, 0) is 26.7 Å². The number of hydrogen-bond donors (Lipinski definition) is 1. The predicted molar refractivity (Wildman–Crippen MR) is 98.8 cm³/mol. The van der Waals surface area contributed by atoms with Gasteiger partial charge in [0, 0.05) is 32.6 Å². The van der Waals surface area contributed by atoms with Crippen LogP contribution in [0.4, 0.5) is 0 Å². The van der Waals surface area contributed by atoms with Crippen molar-refractivity contribution in [1.29, 1.82) is 0 Å². The van der Waals surface area contributed by atoms with Crippen molar-refractivity contribution < 1.29 is 0 Å². The maximum atomic E-state index is 12.8. The summed E-state index contributed by atoms with van der Waals surface area (Å²) in [7, 11) is 3.17. The summed E-state index contributed by atoms with van der Waals surface area (Å²) in [4.78, 5) is 29.8. The number of allylic oxidation sites excluding steroid dienone is 2. The van der Waals surface area contributed by atoms with Gasteiger partial charge in [-0.15, -0.1) is 0 Å². The summed E-state index contributed by atoms with van der Waals surface area (Å²) < 4.78 is 4.56. The van der Waals surface area contributed by atoms with E-state index in [1.54, 1.807) is 7.05 Å². The van der Waals surface area contributed by atoms with Gasteiger partial charge in [-0.25, -0.2) is 9.78 Å². The lowest BCUT2D eigenvalue weighted by atomic mass is 9.84. The van der Waals surface area contributed by atoms with Gasteiger partial charge in [-0.1, -0.05) is 24.5 Å². The van der Waals surface area contributed by atoms with E-state index in [9.17, 15) is 9.59 Å². The molecule has 2 aromatic rings. The lowest BCUT2D eigenvalue weighted by molar-refractivity contribution is 0.367. The molecule has 0 radical (unpaired) electrons. The largest absolute Gasteiger partial charge is 0.332 e. The van der Waals surface area contributed by atoms with Crippen molar-refractivity contribution in [2.45, 2.75) is 58.0 Å². The van der Waals surface area contributed by atoms with Crippen molar-refractivity contribution in [3.8, 4) is 0 Å². The molecular weight excluding hydrogens is 318 g/mol. The van der Waals surface area contributed by atoms with Crippen LogP contribution in [0.15, 0.2) is 21.2 Å². The minimum absolute atomic E-state index is 0.0388. The van der Waals surface area contributed by atoms with Crippen molar-refractivity contribution in [2.24, 2.45) is 19.8 Å². The third-order valence-electron chi connectivity index (χ3n) is 5.21. The first-order valence-electron chi connectivity index (χ1n) is 8.88. The van der Waals surface area contributed by atoms with Gasteiger partial charge in [0.2, 0.25) is 0 Å². The van der Waals surface area contributed by atoms with Crippen LogP contribution >= 0.6 is 0 Å². The molecule has 0 saturated heterocycles. The van der Waals surface area contributed by atoms with Crippen molar-refractivity contribution in [1.82, 2.24) is 18.7 Å². The molecule has 0 amide bonds. The van der Waals surface area contributed by atoms with Gasteiger partial charge < -0.3 is 10.3 Å². The third-order valence-corrected chi connectivity index (χ3v) is 5.21. The molecule has 1 aliphatic carbocycles. The molecule has 0 bridgehead atoms. The lowest BCUT2D eigenvalue weighted by Crippen LogP contribution is -2.37. The molecule has 7 heteroatoms. The van der Waals surface area contributed by atoms with E-state index in [-0.39, 0.29) is 23.2 Å². The number of nitrogens with zero attached hydrogens (tertiary/aromatic N) is 4. The second kappa shape index (κ2) is 6.63. The average Bonchev–Trinajstić information content (AvgIpc) is 2.96. The molecule has 2 N–H and O–H groups in total. The van der Waals surface area contributed by atoms with Crippen LogP contribution in [0.3, 0.4) is 0 Å². The molecule has 1 fully saturated rings. The minimum atomic E-state index is -0.358. The third kappa shape index (κ3) is 2.97. The van der Waals surface area contributed by atoms with E-state index in [1.807, 2.05) is 18.4 Å². The predicted octanol–water partition coefficient (Wildman–Crippen LogP) is 1.38. The van der Waals surface area contributed by atoms with E-state index in [1.165, 1.54) is 17.2 Å². The molecule has 0 aliphatic heterocycles. The first-order valence-corrected chi connectivity index (χ1v) is 8.88. The Morgan fingerprint density at radius 1 is 1.20 bits per heavy atom. The number of aromatic nitrogens is 4. The van der Waals surface area contributed by atoms with Gasteiger partial charge in [0.15, 0.2) is 11.2 Å². The summed E-state index contributed by atoms with van der Waals surface area (Å²) in [5.41, 5.74) is 7.81. The number of hydrogen-bond acceptors (Lipinski definition) is 4. The van der Waals surface area contributed by atoms with E-state index in [2.05, 4.69) is 6.08 Å². The van der Waals surface area contributed by atoms with Crippen LogP contribution in [0.25, 0.3) is 11.2 Å². The molecule has 1 aliphatic rings. The molecular formula is C18H27N5O2. The van der Waals surface area contributed by atoms with E-state index in [0.717, 1.165) is 36.1 Å². The van der Waals surface area contributed by atoms with E-state index < -0.39 is 0 Å². The zero-order valence-electron chi connectivity index (χ0n) is 15.5. The number of imidazole rings is 1. The van der Waals surface area contributed by atoms with Crippen LogP contribution in [0.2, 0.25) is 0 Å². The summed E-state index contributed by atoms with van der Waals surface area (Å²) in [6, 6.07) is 0.0388. The van der Waals surface area contributed by atoms with Gasteiger partial charge in [0.1, 0.15) is 5.82 Å². The summed E-state index contributed by atoms with van der Waals surface area (Å²) >= 11 is 0. The van der Waals surface area contributed by atoms with Gasteiger partial charge in [0.25, 0.3) is 5.56 Å². The first kappa shape index (κ1) is 17.7. The lowest BCUT2D eigenvalue weighted by Gasteiger charge is -2.28. The Hall–Kier alpha value is -2.15. The minimum Gasteiger partial charge on any atom is -0.327 e. The topological polar surface area (TPSA) is 87.8 Å². The summed E-state index contributed by atoms with van der Waals surface area (Å²) in [6.07, 6.45) is 6.25. The van der Waals surface area contributed by atoms with Crippen molar-refractivity contribution in [2.75, 3.05) is 0 Å². The van der Waals surface area contributed by atoms with E-state index in [0.29, 0.717) is 17.7 Å². The van der Waals surface area contributed by atoms with E-state index in [4.69, 9.17) is 10.7 Å². The number of aryl methyl sites for hydroxylation is 1. The Morgan fingerprint density at radius 2 is 1.88 bits per heavy atom. The average molecular weight is 345 g/mol. The number of nitrogens with two attached hydrogens (primary N) is 1. The molecule has 1 saturated carbocycles. The van der Waals surface area contributed by atoms with Crippen LogP contribution in [0.5, 0.6) is 0 Å². The second-order valence-electron chi connectivity index (χ2n) is 7.29. The standard InChI is InChI=1S/C18H27N5O2/c1-11(2)9-10-23-14-16(21(3)18(25)22(4)17(14)24)20-15(23)12-7-5-6-8-13(12)19/h9,12-13H,5-8,10,19H2,1-4H3/t12-,13-/m1/s1. The molecule has 7 nitrogen and oxygen atoms in total. The fourth-order valence-corrected chi connectivity index (χ4v) is 3.69. The Labute approximate surface area is 146 Å². The molecule has 136 valence electrons. The van der Waals surface area contributed by atoms with Gasteiger partial charge in [0.05, 0.1) is 0 Å². The molecule has 0 spiro atoms. The number of fused-ring (bicyclic) bond motifs is 1. The first-order chi connectivity index (χ1) is 11.8. The molecule has 2 aromatic heterocycles. The van der Waals surface area contributed by atoms with Gasteiger partial charge in [-0.3, -0.25) is 13.9 Å². The zero-order valence-corrected chi connectivity index (χ0v) is 15.5. The maximum absolute atomic E-state index is 12.8. The Bertz CT molecular complexity index is 943. The second-order valence-corrected chi connectivity index (χ2v) is 7.29. The van der Waals surface area contributed by atoms with Crippen molar-refractivity contribution in [3.05, 3.63) is 38.3 Å². The van der Waals surface area contributed by atoms with Crippen LogP contribution in [0, 0.1) is 0 Å². The van der Waals surface area contributed by atoms with Crippen molar-refractivity contribution in [3.63, 3.8) is 0 Å². The Kier molecular flexibility index (Phi) is 4.69. The Balaban J connectivity index is 2.32. The molecule has 2 atom stereocenters. The molecule has 3 rings (SSSR count). The van der Waals surface area contributed by atoms with Gasteiger partial charge >= 0.3 is 5.69 Å². The normalized spacial score (nSPS) is 20.8. The fourth-order valence-electron chi connectivity index (χ4n) is 3.69. The van der Waals surface area contributed by atoms with Crippen LogP contribution in [0.1, 0.15) is 51.3 Å². The van der Waals surface area contributed by atoms with Crippen LogP contribution in [-0.4, -0.2) is 24.7 Å². The smallest absolute Gasteiger partial charge is 0.327 e. The van der Waals surface area contributed by atoms with E-state index >= 15 is 0 Å². The highest BCUT2D eigenvalue weighted by Crippen LogP contribution is 2.32. The molecule has 0 aromatic carbocycles. The van der Waals surface area contributed by atoms with Crippen molar-refractivity contribution >= 4 is 11.2 Å². The SMILES string of the molecule is CC(C)=CCn1c([C@@H]2CCCC[C@H]2N)nc2c1c(=O)n(C)c(=O)n2C. The summed E-state index contributed by atoms with van der Waals surface area (Å²) in [5, 5.41) is 0. The molecule has 0 unspecified atom stereocenters. The quantitative estimate of drug-likeness (QED) is 0.852. The Morgan fingerprint density at radius 3 is 2.52 bits per heavy atom. The van der Waals surface area contributed by atoms with Gasteiger partial charge in [-0.2, -0.15) is 0 Å². The zero-order chi connectivity index (χ0) is 18.3. The van der Waals surface area contributed by atoms with Crippen LogP contribution in [-0.2, 0) is 20.6 Å². The monoisotopic (exact) mass is 345 g/mol. The molecule has 25 heavy (non-hydrogen) atoms.